The van der Waals surface area contributed by atoms with Crippen LogP contribution < -0.4 is 4.90 Å². The zero-order valence-corrected chi connectivity index (χ0v) is 17.9. The number of amides is 1. The second-order valence-electron chi connectivity index (χ2n) is 7.08. The summed E-state index contributed by atoms with van der Waals surface area (Å²) in [6.45, 7) is 10.9. The predicted molar refractivity (Wildman–Crippen MR) is 115 cm³/mol. The summed E-state index contributed by atoms with van der Waals surface area (Å²) in [6.07, 6.45) is 2.59. The molecule has 2 heterocycles. The molecule has 2 aliphatic heterocycles. The van der Waals surface area contributed by atoms with E-state index in [0.29, 0.717) is 25.9 Å². The Balaban J connectivity index is 0.000000257. The van der Waals surface area contributed by atoms with Crippen molar-refractivity contribution in [2.75, 3.05) is 31.1 Å². The molecule has 28 heavy (non-hydrogen) atoms. The van der Waals surface area contributed by atoms with E-state index in [9.17, 15) is 9.90 Å². The molecule has 1 aromatic carbocycles. The molecule has 158 valence electrons. The number of likely N-dealkylation sites (tertiary alicyclic amines) is 1. The molecule has 3 rings (SSSR count). The van der Waals surface area contributed by atoms with Gasteiger partial charge in [-0.05, 0) is 38.8 Å². The van der Waals surface area contributed by atoms with Crippen LogP contribution in [0.2, 0.25) is 0 Å². The molecule has 0 bridgehead atoms. The molecular formula is C22H37N3O3. The number of carbonyl (C=O) groups is 1. The fraction of sp³-hybridized carbons (Fsp3) is 0.636. The maximum absolute atomic E-state index is 11.3. The van der Waals surface area contributed by atoms with Crippen LogP contribution in [0.3, 0.4) is 0 Å². The van der Waals surface area contributed by atoms with Gasteiger partial charge >= 0.3 is 6.09 Å². The number of aliphatic hydroxyl groups excluding tert-OH is 1. The minimum Gasteiger partial charge on any atom is -0.447 e. The molecule has 0 atom stereocenters. The summed E-state index contributed by atoms with van der Waals surface area (Å²) < 4.78 is 5.03. The third-order valence-corrected chi connectivity index (χ3v) is 4.55. The normalized spacial score (nSPS) is 17.3. The van der Waals surface area contributed by atoms with Gasteiger partial charge in [0, 0.05) is 50.4 Å². The molecule has 0 unspecified atom stereocenters. The Morgan fingerprint density at radius 1 is 1.07 bits per heavy atom. The van der Waals surface area contributed by atoms with Crippen molar-refractivity contribution in [3.8, 4) is 0 Å². The van der Waals surface area contributed by atoms with Gasteiger partial charge in [-0.15, -0.1) is 0 Å². The van der Waals surface area contributed by atoms with Gasteiger partial charge in [0.05, 0.1) is 12.2 Å². The molecule has 0 spiro atoms. The highest BCUT2D eigenvalue weighted by molar-refractivity contribution is 5.83. The number of carbonyl (C=O) groups excluding carboxylic acids is 1. The number of piperidine rings is 2. The van der Waals surface area contributed by atoms with E-state index in [1.165, 1.54) is 5.69 Å². The van der Waals surface area contributed by atoms with E-state index in [-0.39, 0.29) is 18.3 Å². The molecule has 0 saturated carbocycles. The largest absolute Gasteiger partial charge is 0.447 e. The van der Waals surface area contributed by atoms with E-state index in [0.717, 1.165) is 31.6 Å². The monoisotopic (exact) mass is 391 g/mol. The maximum Gasteiger partial charge on any atom is 0.410 e. The number of rotatable bonds is 2. The van der Waals surface area contributed by atoms with Gasteiger partial charge in [0.1, 0.15) is 0 Å². The minimum absolute atomic E-state index is 0.0700. The van der Waals surface area contributed by atoms with Gasteiger partial charge in [-0.1, -0.05) is 32.0 Å². The highest BCUT2D eigenvalue weighted by atomic mass is 16.6. The van der Waals surface area contributed by atoms with E-state index in [1.54, 1.807) is 4.90 Å². The second-order valence-corrected chi connectivity index (χ2v) is 7.08. The second kappa shape index (κ2) is 13.2. The van der Waals surface area contributed by atoms with Crippen molar-refractivity contribution in [1.82, 2.24) is 4.90 Å². The highest BCUT2D eigenvalue weighted by Crippen LogP contribution is 2.17. The van der Waals surface area contributed by atoms with Gasteiger partial charge in [0.15, 0.2) is 0 Å². The highest BCUT2D eigenvalue weighted by Gasteiger charge is 2.22. The lowest BCUT2D eigenvalue weighted by Crippen LogP contribution is -2.41. The summed E-state index contributed by atoms with van der Waals surface area (Å²) in [4.78, 5) is 15.3. The molecule has 0 aliphatic carbocycles. The summed E-state index contributed by atoms with van der Waals surface area (Å²) in [5, 5.41) is 16.7. The molecule has 0 aromatic heterocycles. The van der Waals surface area contributed by atoms with Crippen molar-refractivity contribution in [3.63, 3.8) is 0 Å². The average Bonchev–Trinajstić information content (AvgIpc) is 2.71. The average molecular weight is 392 g/mol. The van der Waals surface area contributed by atoms with Crippen LogP contribution in [-0.4, -0.2) is 60.2 Å². The van der Waals surface area contributed by atoms with Gasteiger partial charge in [-0.2, -0.15) is 0 Å². The SMILES string of the molecule is CC.CC(C)OC(=O)N1CCC(O)CC1.N=C1CCN(c2ccccc2)CC1. The molecule has 6 heteroatoms. The quantitative estimate of drug-likeness (QED) is 0.787. The summed E-state index contributed by atoms with van der Waals surface area (Å²) in [6, 6.07) is 10.4. The van der Waals surface area contributed by atoms with Crippen LogP contribution in [0.5, 0.6) is 0 Å². The van der Waals surface area contributed by atoms with Crippen molar-refractivity contribution in [1.29, 1.82) is 5.41 Å². The number of aliphatic hydroxyl groups is 1. The van der Waals surface area contributed by atoms with E-state index < -0.39 is 0 Å². The zero-order chi connectivity index (χ0) is 20.9. The number of ether oxygens (including phenoxy) is 1. The third kappa shape index (κ3) is 8.74. The molecular weight excluding hydrogens is 354 g/mol. The molecule has 1 amide bonds. The lowest BCUT2D eigenvalue weighted by atomic mass is 10.1. The van der Waals surface area contributed by atoms with E-state index >= 15 is 0 Å². The first kappa shape index (κ1) is 24.0. The standard InChI is InChI=1S/C11H14N2.C9H17NO3.C2H6/c12-10-6-8-13(9-7-10)11-4-2-1-3-5-11;1-7(2)13-9(12)10-5-3-8(11)4-6-10;1-2/h1-5,12H,6-9H2;7-8,11H,3-6H2,1-2H3;1-2H3. The molecule has 2 N–H and O–H groups in total. The first-order chi connectivity index (χ1) is 13.5. The number of anilines is 1. The van der Waals surface area contributed by atoms with Gasteiger partial charge in [0.25, 0.3) is 0 Å². The molecule has 0 radical (unpaired) electrons. The molecule has 2 aliphatic rings. The van der Waals surface area contributed by atoms with E-state index in [1.807, 2.05) is 33.8 Å². The Bertz CT molecular complexity index is 560. The topological polar surface area (TPSA) is 76.9 Å². The van der Waals surface area contributed by atoms with E-state index in [2.05, 4.69) is 29.2 Å². The first-order valence-corrected chi connectivity index (χ1v) is 10.5. The summed E-state index contributed by atoms with van der Waals surface area (Å²) >= 11 is 0. The van der Waals surface area contributed by atoms with Crippen LogP contribution in [0.1, 0.15) is 53.4 Å². The minimum atomic E-state index is -0.262. The fourth-order valence-electron chi connectivity index (χ4n) is 3.00. The molecule has 6 nitrogen and oxygen atoms in total. The predicted octanol–water partition coefficient (Wildman–Crippen LogP) is 4.32. The van der Waals surface area contributed by atoms with Crippen LogP contribution in [0.4, 0.5) is 10.5 Å². The van der Waals surface area contributed by atoms with Crippen molar-refractivity contribution >= 4 is 17.5 Å². The number of hydrogen-bond acceptors (Lipinski definition) is 5. The van der Waals surface area contributed by atoms with Crippen LogP contribution in [0, 0.1) is 5.41 Å². The number of nitrogens with zero attached hydrogens (tertiary/aromatic N) is 2. The zero-order valence-electron chi connectivity index (χ0n) is 17.9. The van der Waals surface area contributed by atoms with Gasteiger partial charge in [-0.25, -0.2) is 4.79 Å². The lowest BCUT2D eigenvalue weighted by Gasteiger charge is -2.29. The molecule has 1 aromatic rings. The first-order valence-electron chi connectivity index (χ1n) is 10.5. The maximum atomic E-state index is 11.3. The number of nitrogens with one attached hydrogen (secondary N) is 1. The fourth-order valence-corrected chi connectivity index (χ4v) is 3.00. The van der Waals surface area contributed by atoms with Crippen molar-refractivity contribution in [2.24, 2.45) is 0 Å². The van der Waals surface area contributed by atoms with Crippen LogP contribution in [0.15, 0.2) is 30.3 Å². The van der Waals surface area contributed by atoms with Gasteiger partial charge < -0.3 is 25.1 Å². The Hall–Kier alpha value is -2.08. The van der Waals surface area contributed by atoms with Gasteiger partial charge in [-0.3, -0.25) is 0 Å². The van der Waals surface area contributed by atoms with Crippen molar-refractivity contribution < 1.29 is 14.6 Å². The third-order valence-electron chi connectivity index (χ3n) is 4.55. The van der Waals surface area contributed by atoms with Gasteiger partial charge in [0.2, 0.25) is 0 Å². The van der Waals surface area contributed by atoms with E-state index in [4.69, 9.17) is 10.1 Å². The smallest absolute Gasteiger partial charge is 0.410 e. The van der Waals surface area contributed by atoms with Crippen LogP contribution in [0.25, 0.3) is 0 Å². The summed E-state index contributed by atoms with van der Waals surface area (Å²) in [5.74, 6) is 0. The molecule has 2 fully saturated rings. The van der Waals surface area contributed by atoms with Crippen molar-refractivity contribution in [2.45, 2.75) is 65.6 Å². The summed E-state index contributed by atoms with van der Waals surface area (Å²) in [7, 11) is 0. The Kier molecular flexibility index (Phi) is 11.3. The van der Waals surface area contributed by atoms with Crippen LogP contribution >= 0.6 is 0 Å². The van der Waals surface area contributed by atoms with Crippen LogP contribution in [-0.2, 0) is 4.74 Å². The number of para-hydroxylation sites is 1. The number of hydrogen-bond donors (Lipinski definition) is 2. The Morgan fingerprint density at radius 3 is 2.11 bits per heavy atom. The number of benzene rings is 1. The lowest BCUT2D eigenvalue weighted by molar-refractivity contribution is 0.0457. The summed E-state index contributed by atoms with van der Waals surface area (Å²) in [5.41, 5.74) is 2.18. The Morgan fingerprint density at radius 2 is 1.61 bits per heavy atom. The Labute approximate surface area is 170 Å². The van der Waals surface area contributed by atoms with Crippen molar-refractivity contribution in [3.05, 3.63) is 30.3 Å². The molecule has 2 saturated heterocycles.